The van der Waals surface area contributed by atoms with Gasteiger partial charge in [0.1, 0.15) is 0 Å². The maximum atomic E-state index is 6.14. The second kappa shape index (κ2) is 5.61. The quantitative estimate of drug-likeness (QED) is 0.627. The fourth-order valence-electron chi connectivity index (χ4n) is 1.69. The number of halogens is 1. The van der Waals surface area contributed by atoms with Crippen LogP contribution in [-0.4, -0.2) is 26.8 Å². The van der Waals surface area contributed by atoms with Crippen LogP contribution in [0.2, 0.25) is 5.02 Å². The van der Waals surface area contributed by atoms with Gasteiger partial charge >= 0.3 is 0 Å². The van der Waals surface area contributed by atoms with Crippen LogP contribution in [-0.2, 0) is 4.74 Å². The first kappa shape index (κ1) is 12.5. The number of ether oxygens (including phenoxy) is 1. The lowest BCUT2D eigenvalue weighted by Gasteiger charge is -2.20. The Morgan fingerprint density at radius 2 is 2.24 bits per heavy atom. The van der Waals surface area contributed by atoms with Gasteiger partial charge < -0.3 is 15.4 Å². The van der Waals surface area contributed by atoms with Crippen molar-refractivity contribution in [3.8, 4) is 0 Å². The van der Waals surface area contributed by atoms with Crippen molar-refractivity contribution in [2.75, 3.05) is 37.4 Å². The van der Waals surface area contributed by atoms with Crippen LogP contribution in [0.25, 0.3) is 0 Å². The van der Waals surface area contributed by atoms with E-state index < -0.39 is 0 Å². The van der Waals surface area contributed by atoms with Crippen LogP contribution < -0.4 is 10.6 Å². The van der Waals surface area contributed by atoms with Crippen LogP contribution in [0.15, 0.2) is 18.2 Å². The summed E-state index contributed by atoms with van der Waals surface area (Å²) in [5.74, 6) is 0.820. The molecule has 0 bridgehead atoms. The molecule has 4 heteroatoms. The number of hydrogen-bond donors (Lipinski definition) is 1. The Kier molecular flexibility index (Phi) is 4.13. The molecule has 0 saturated heterocycles. The van der Waals surface area contributed by atoms with Gasteiger partial charge in [-0.1, -0.05) is 11.6 Å². The third kappa shape index (κ3) is 3.79. The SMILES string of the molecule is CN(CCOCC1CC1)c1ccc(N)cc1Cl. The molecule has 17 heavy (non-hydrogen) atoms. The first-order chi connectivity index (χ1) is 8.16. The van der Waals surface area contributed by atoms with E-state index in [2.05, 4.69) is 4.90 Å². The molecular formula is C13H19ClN2O. The summed E-state index contributed by atoms with van der Waals surface area (Å²) in [5.41, 5.74) is 7.35. The van der Waals surface area contributed by atoms with Gasteiger partial charge in [-0.05, 0) is 37.0 Å². The van der Waals surface area contributed by atoms with Crippen LogP contribution in [0.3, 0.4) is 0 Å². The Labute approximate surface area is 107 Å². The van der Waals surface area contributed by atoms with Crippen molar-refractivity contribution in [3.63, 3.8) is 0 Å². The molecule has 0 aromatic heterocycles. The van der Waals surface area contributed by atoms with Crippen molar-refractivity contribution >= 4 is 23.0 Å². The van der Waals surface area contributed by atoms with Gasteiger partial charge in [-0.3, -0.25) is 0 Å². The molecule has 2 rings (SSSR count). The molecule has 2 N–H and O–H groups in total. The van der Waals surface area contributed by atoms with Crippen molar-refractivity contribution in [3.05, 3.63) is 23.2 Å². The van der Waals surface area contributed by atoms with E-state index in [4.69, 9.17) is 22.1 Å². The number of nitrogen functional groups attached to an aromatic ring is 1. The Balaban J connectivity index is 1.78. The van der Waals surface area contributed by atoms with Gasteiger partial charge in [-0.15, -0.1) is 0 Å². The second-order valence-corrected chi connectivity index (χ2v) is 5.06. The molecule has 3 nitrogen and oxygen atoms in total. The topological polar surface area (TPSA) is 38.5 Å². The summed E-state index contributed by atoms with van der Waals surface area (Å²) in [6.45, 7) is 2.49. The summed E-state index contributed by atoms with van der Waals surface area (Å²) in [6, 6.07) is 5.58. The minimum Gasteiger partial charge on any atom is -0.399 e. The second-order valence-electron chi connectivity index (χ2n) is 4.65. The smallest absolute Gasteiger partial charge is 0.0659 e. The predicted molar refractivity (Wildman–Crippen MR) is 72.7 cm³/mol. The van der Waals surface area contributed by atoms with Gasteiger partial charge in [0, 0.05) is 25.9 Å². The van der Waals surface area contributed by atoms with E-state index in [0.717, 1.165) is 31.4 Å². The summed E-state index contributed by atoms with van der Waals surface area (Å²) in [7, 11) is 2.01. The molecule has 1 aromatic carbocycles. The molecule has 0 unspecified atom stereocenters. The monoisotopic (exact) mass is 254 g/mol. The Morgan fingerprint density at radius 3 is 2.88 bits per heavy atom. The molecule has 1 saturated carbocycles. The fourth-order valence-corrected chi connectivity index (χ4v) is 2.02. The number of nitrogens with two attached hydrogens (primary N) is 1. The minimum atomic E-state index is 0.690. The maximum Gasteiger partial charge on any atom is 0.0659 e. The van der Waals surface area contributed by atoms with E-state index in [1.54, 1.807) is 6.07 Å². The zero-order valence-electron chi connectivity index (χ0n) is 10.2. The van der Waals surface area contributed by atoms with Crippen molar-refractivity contribution in [1.29, 1.82) is 0 Å². The standard InChI is InChI=1S/C13H19ClN2O/c1-16(6-7-17-9-10-2-3-10)13-5-4-11(15)8-12(13)14/h4-5,8,10H,2-3,6-7,9,15H2,1H3. The Morgan fingerprint density at radius 1 is 1.47 bits per heavy atom. The highest BCUT2D eigenvalue weighted by Crippen LogP contribution is 2.29. The van der Waals surface area contributed by atoms with Gasteiger partial charge in [0.05, 0.1) is 17.3 Å². The summed E-state index contributed by atoms with van der Waals surface area (Å²) < 4.78 is 5.60. The Hall–Kier alpha value is -0.930. The molecule has 0 aliphatic heterocycles. The maximum absolute atomic E-state index is 6.14. The van der Waals surface area contributed by atoms with Crippen molar-refractivity contribution in [2.45, 2.75) is 12.8 Å². The number of likely N-dealkylation sites (N-methyl/N-ethyl adjacent to an activating group) is 1. The highest BCUT2D eigenvalue weighted by atomic mass is 35.5. The van der Waals surface area contributed by atoms with E-state index in [1.165, 1.54) is 12.8 Å². The molecule has 0 spiro atoms. The van der Waals surface area contributed by atoms with Crippen LogP contribution in [0, 0.1) is 5.92 Å². The molecule has 0 heterocycles. The third-order valence-electron chi connectivity index (χ3n) is 3.00. The molecule has 1 aromatic rings. The van der Waals surface area contributed by atoms with Crippen molar-refractivity contribution < 1.29 is 4.74 Å². The number of hydrogen-bond acceptors (Lipinski definition) is 3. The average molecular weight is 255 g/mol. The summed E-state index contributed by atoms with van der Waals surface area (Å²) in [6.07, 6.45) is 2.67. The van der Waals surface area contributed by atoms with Gasteiger partial charge in [-0.25, -0.2) is 0 Å². The average Bonchev–Trinajstić information content (AvgIpc) is 3.08. The molecule has 0 amide bonds. The van der Waals surface area contributed by atoms with Gasteiger partial charge in [0.2, 0.25) is 0 Å². The Bertz CT molecular complexity index is 380. The van der Waals surface area contributed by atoms with Crippen molar-refractivity contribution in [2.24, 2.45) is 5.92 Å². The first-order valence-electron chi connectivity index (χ1n) is 6.00. The molecule has 1 fully saturated rings. The van der Waals surface area contributed by atoms with Gasteiger partial charge in [0.15, 0.2) is 0 Å². The van der Waals surface area contributed by atoms with Crippen molar-refractivity contribution in [1.82, 2.24) is 0 Å². The molecule has 1 aliphatic rings. The highest BCUT2D eigenvalue weighted by molar-refractivity contribution is 6.33. The molecule has 94 valence electrons. The number of benzene rings is 1. The van der Waals surface area contributed by atoms with E-state index in [1.807, 2.05) is 19.2 Å². The fraction of sp³-hybridized carbons (Fsp3) is 0.538. The van der Waals surface area contributed by atoms with E-state index >= 15 is 0 Å². The predicted octanol–water partition coefficient (Wildman–Crippen LogP) is 2.79. The first-order valence-corrected chi connectivity index (χ1v) is 6.38. The van der Waals surface area contributed by atoms with Crippen LogP contribution in [0.1, 0.15) is 12.8 Å². The molecule has 1 aliphatic carbocycles. The zero-order valence-corrected chi connectivity index (χ0v) is 10.9. The van der Waals surface area contributed by atoms with Gasteiger partial charge in [-0.2, -0.15) is 0 Å². The number of anilines is 2. The lowest BCUT2D eigenvalue weighted by Crippen LogP contribution is -2.23. The third-order valence-corrected chi connectivity index (χ3v) is 3.31. The summed E-state index contributed by atoms with van der Waals surface area (Å²) in [4.78, 5) is 2.09. The lowest BCUT2D eigenvalue weighted by atomic mass is 10.2. The van der Waals surface area contributed by atoms with E-state index in [-0.39, 0.29) is 0 Å². The van der Waals surface area contributed by atoms with Crippen LogP contribution in [0.4, 0.5) is 11.4 Å². The minimum absolute atomic E-state index is 0.690. The zero-order chi connectivity index (χ0) is 12.3. The van der Waals surface area contributed by atoms with Crippen LogP contribution in [0.5, 0.6) is 0 Å². The lowest BCUT2D eigenvalue weighted by molar-refractivity contribution is 0.131. The summed E-state index contributed by atoms with van der Waals surface area (Å²) in [5, 5.41) is 0.690. The van der Waals surface area contributed by atoms with E-state index in [9.17, 15) is 0 Å². The normalized spacial score (nSPS) is 14.9. The number of rotatable bonds is 6. The molecular weight excluding hydrogens is 236 g/mol. The largest absolute Gasteiger partial charge is 0.399 e. The van der Waals surface area contributed by atoms with Crippen LogP contribution >= 0.6 is 11.6 Å². The van der Waals surface area contributed by atoms with E-state index in [0.29, 0.717) is 10.7 Å². The molecule has 0 radical (unpaired) electrons. The molecule has 0 atom stereocenters. The highest BCUT2D eigenvalue weighted by Gasteiger charge is 2.21. The van der Waals surface area contributed by atoms with Gasteiger partial charge in [0.25, 0.3) is 0 Å². The number of nitrogens with zero attached hydrogens (tertiary/aromatic N) is 1. The summed E-state index contributed by atoms with van der Waals surface area (Å²) >= 11 is 6.14.